The quantitative estimate of drug-likeness (QED) is 0.0534. The van der Waals surface area contributed by atoms with Crippen LogP contribution in [0.1, 0.15) is 33.4 Å². The zero-order valence-electron chi connectivity index (χ0n) is 29.1. The van der Waals surface area contributed by atoms with Gasteiger partial charge in [0.2, 0.25) is 10.9 Å². The van der Waals surface area contributed by atoms with Crippen molar-refractivity contribution in [3.05, 3.63) is 135 Å². The standard InChI is InChI=1S/C40H28F6O10/c1-17-29(37(53)25-15-27(47)35(51)23(31(25)33(17)49)13-7-19-3-9-21(10-4-19)55-39(41,42)43)30-18(2)34(50)32-24(36(52)28(48)16-26(32)38(30)54)14-8-20-5-11-22(12-6-20)56-40(44,45)46/h3-6,9-12,15-16,47,49,51,53H,7-8,13-14H2,1-2H3. The molecule has 2 aliphatic carbocycles. The number of aromatic hydroxyl groups is 4. The van der Waals surface area contributed by atoms with Crippen molar-refractivity contribution in [1.82, 2.24) is 0 Å². The lowest BCUT2D eigenvalue weighted by Gasteiger charge is -2.20. The maximum absolute atomic E-state index is 14.2. The van der Waals surface area contributed by atoms with Gasteiger partial charge in [-0.2, -0.15) is 0 Å². The average molecular weight is 783 g/mol. The molecular formula is C40H28F6O10. The van der Waals surface area contributed by atoms with Gasteiger partial charge in [-0.1, -0.05) is 24.3 Å². The predicted octanol–water partition coefficient (Wildman–Crippen LogP) is 6.73. The first-order valence-electron chi connectivity index (χ1n) is 16.6. The predicted molar refractivity (Wildman–Crippen MR) is 191 cm³/mol. The van der Waals surface area contributed by atoms with Gasteiger partial charge in [-0.15, -0.1) is 26.3 Å². The Labute approximate surface area is 310 Å². The summed E-state index contributed by atoms with van der Waals surface area (Å²) in [6.07, 6.45) is -10.2. The fourth-order valence-electron chi connectivity index (χ4n) is 6.87. The van der Waals surface area contributed by atoms with Crippen LogP contribution in [0.4, 0.5) is 26.3 Å². The molecule has 4 N–H and O–H groups in total. The van der Waals surface area contributed by atoms with Gasteiger partial charge in [0.15, 0.2) is 22.4 Å². The van der Waals surface area contributed by atoms with E-state index in [1.807, 2.05) is 0 Å². The third-order valence-corrected chi connectivity index (χ3v) is 9.49. The number of hydrogen-bond acceptors (Lipinski definition) is 10. The van der Waals surface area contributed by atoms with Crippen LogP contribution in [0, 0.1) is 13.8 Å². The van der Waals surface area contributed by atoms with Crippen LogP contribution in [0.2, 0.25) is 0 Å². The summed E-state index contributed by atoms with van der Waals surface area (Å²) in [5, 5.41) is 44.3. The number of aryl methyl sites for hydroxylation is 3. The third kappa shape index (κ3) is 7.41. The topological polar surface area (TPSA) is 168 Å². The number of hydrogen-bond donors (Lipinski definition) is 4. The number of phenols is 4. The zero-order valence-corrected chi connectivity index (χ0v) is 29.1. The van der Waals surface area contributed by atoms with Crippen LogP contribution in [0.3, 0.4) is 0 Å². The number of alkyl halides is 6. The molecule has 0 saturated heterocycles. The number of rotatable bonds is 9. The van der Waals surface area contributed by atoms with Crippen LogP contribution in [0.15, 0.2) is 79.8 Å². The summed E-state index contributed by atoms with van der Waals surface area (Å²) in [6.45, 7) is 2.54. The molecule has 16 heteroatoms. The molecule has 10 nitrogen and oxygen atoms in total. The molecule has 0 saturated carbocycles. The highest BCUT2D eigenvalue weighted by molar-refractivity contribution is 6.05. The Kier molecular flexibility index (Phi) is 9.95. The molecule has 290 valence electrons. The van der Waals surface area contributed by atoms with Gasteiger partial charge in [0, 0.05) is 61.3 Å². The van der Waals surface area contributed by atoms with E-state index in [0.717, 1.165) is 30.3 Å². The van der Waals surface area contributed by atoms with Gasteiger partial charge in [0.05, 0.1) is 0 Å². The van der Waals surface area contributed by atoms with Crippen LogP contribution < -0.4 is 31.2 Å². The van der Waals surface area contributed by atoms with Gasteiger partial charge >= 0.3 is 12.7 Å². The van der Waals surface area contributed by atoms with Crippen LogP contribution >= 0.6 is 0 Å². The van der Waals surface area contributed by atoms with Crippen molar-refractivity contribution in [2.24, 2.45) is 0 Å². The second kappa shape index (κ2) is 14.2. The molecule has 6 rings (SSSR count). The molecule has 2 aliphatic rings. The Bertz CT molecular complexity index is 2700. The summed E-state index contributed by atoms with van der Waals surface area (Å²) in [4.78, 5) is 54.2. The van der Waals surface area contributed by atoms with E-state index >= 15 is 0 Å². The molecule has 0 fully saturated rings. The molecule has 0 unspecified atom stereocenters. The molecule has 0 heterocycles. The second-order valence-corrected chi connectivity index (χ2v) is 13.0. The molecular weight excluding hydrogens is 754 g/mol. The number of phenolic OH excluding ortho intramolecular Hbond substituents is 4. The van der Waals surface area contributed by atoms with Crippen LogP contribution in [-0.2, 0) is 25.7 Å². The molecule has 0 amide bonds. The van der Waals surface area contributed by atoms with Crippen molar-refractivity contribution in [3.8, 4) is 56.8 Å². The zero-order chi connectivity index (χ0) is 41.0. The summed E-state index contributed by atoms with van der Waals surface area (Å²) in [7, 11) is 0. The summed E-state index contributed by atoms with van der Waals surface area (Å²) >= 11 is 0. The molecule has 0 bridgehead atoms. The van der Waals surface area contributed by atoms with E-state index < -0.39 is 80.1 Å². The first-order valence-corrected chi connectivity index (χ1v) is 16.6. The number of ether oxygens (including phenoxy) is 2. The van der Waals surface area contributed by atoms with Gasteiger partial charge in [0.1, 0.15) is 23.0 Å². The van der Waals surface area contributed by atoms with Crippen molar-refractivity contribution in [3.63, 3.8) is 0 Å². The summed E-state index contributed by atoms with van der Waals surface area (Å²) in [5.74, 6) is -3.62. The van der Waals surface area contributed by atoms with Crippen LogP contribution in [-0.4, -0.2) is 33.2 Å². The summed E-state index contributed by atoms with van der Waals surface area (Å²) < 4.78 is 83.2. The SMILES string of the molecule is Cc1c(-c2c(C)c(=O)c3c(CCc4ccc(OC(F)(F)F)cc4)c(=O)c(=O)cc-3c2=O)c(O)c2cc(O)c(O)c(CCc3ccc(OC(F)(F)F)cc3)c2c1O. The van der Waals surface area contributed by atoms with E-state index in [1.54, 1.807) is 0 Å². The van der Waals surface area contributed by atoms with Crippen LogP contribution in [0.25, 0.3) is 33.0 Å². The highest BCUT2D eigenvalue weighted by atomic mass is 19.4. The van der Waals surface area contributed by atoms with Gasteiger partial charge in [-0.3, -0.25) is 19.2 Å². The molecule has 4 aromatic rings. The first-order chi connectivity index (χ1) is 26.2. The molecule has 0 radical (unpaired) electrons. The highest BCUT2D eigenvalue weighted by Gasteiger charge is 2.33. The van der Waals surface area contributed by atoms with Crippen molar-refractivity contribution in [1.29, 1.82) is 0 Å². The van der Waals surface area contributed by atoms with E-state index in [-0.39, 0.29) is 69.8 Å². The molecule has 4 aromatic carbocycles. The molecule has 0 aliphatic heterocycles. The van der Waals surface area contributed by atoms with Gasteiger partial charge in [-0.05, 0) is 81.0 Å². The maximum atomic E-state index is 14.2. The minimum Gasteiger partial charge on any atom is -0.507 e. The molecule has 0 atom stereocenters. The van der Waals surface area contributed by atoms with Crippen molar-refractivity contribution in [2.75, 3.05) is 0 Å². The lowest BCUT2D eigenvalue weighted by Crippen LogP contribution is -2.34. The Balaban J connectivity index is 1.43. The van der Waals surface area contributed by atoms with E-state index in [1.165, 1.54) is 38.1 Å². The Hall–Kier alpha value is -6.58. The maximum Gasteiger partial charge on any atom is 0.573 e. The molecule has 56 heavy (non-hydrogen) atoms. The van der Waals surface area contributed by atoms with Crippen molar-refractivity contribution in [2.45, 2.75) is 52.3 Å². The number of fused-ring (bicyclic) bond motifs is 2. The smallest absolute Gasteiger partial charge is 0.507 e. The number of halogens is 6. The fraction of sp³-hybridized carbons (Fsp3) is 0.200. The monoisotopic (exact) mass is 782 g/mol. The second-order valence-electron chi connectivity index (χ2n) is 13.0. The van der Waals surface area contributed by atoms with E-state index in [9.17, 15) is 65.9 Å². The Morgan fingerprint density at radius 1 is 0.536 bits per heavy atom. The van der Waals surface area contributed by atoms with E-state index in [2.05, 4.69) is 9.47 Å². The summed E-state index contributed by atoms with van der Waals surface area (Å²) in [6, 6.07) is 11.1. The number of benzene rings is 6. The largest absolute Gasteiger partial charge is 0.573 e. The normalized spacial score (nSPS) is 12.1. The average Bonchev–Trinajstić information content (AvgIpc) is 3.11. The van der Waals surface area contributed by atoms with E-state index in [0.29, 0.717) is 17.2 Å². The minimum absolute atomic E-state index is 0.0244. The first kappa shape index (κ1) is 39.1. The molecule has 0 aromatic heterocycles. The Morgan fingerprint density at radius 2 is 1.04 bits per heavy atom. The van der Waals surface area contributed by atoms with Crippen molar-refractivity contribution >= 4 is 10.8 Å². The molecule has 0 spiro atoms. The lowest BCUT2D eigenvalue weighted by molar-refractivity contribution is -0.275. The van der Waals surface area contributed by atoms with Crippen LogP contribution in [0.5, 0.6) is 34.5 Å². The van der Waals surface area contributed by atoms with Gasteiger partial charge in [0.25, 0.3) is 0 Å². The van der Waals surface area contributed by atoms with E-state index in [4.69, 9.17) is 0 Å². The van der Waals surface area contributed by atoms with Gasteiger partial charge < -0.3 is 29.9 Å². The van der Waals surface area contributed by atoms with Gasteiger partial charge in [-0.25, -0.2) is 0 Å². The third-order valence-electron chi connectivity index (χ3n) is 9.49. The lowest BCUT2D eigenvalue weighted by atomic mass is 9.83. The fourth-order valence-corrected chi connectivity index (χ4v) is 6.87. The Morgan fingerprint density at radius 3 is 1.54 bits per heavy atom. The minimum atomic E-state index is -4.92. The highest BCUT2D eigenvalue weighted by Crippen LogP contribution is 2.50. The summed E-state index contributed by atoms with van der Waals surface area (Å²) in [5.41, 5.74) is -5.45. The van der Waals surface area contributed by atoms with Crippen molar-refractivity contribution < 1.29 is 56.2 Å².